The zero-order valence-electron chi connectivity index (χ0n) is 6.99. The summed E-state index contributed by atoms with van der Waals surface area (Å²) in [6.07, 6.45) is 3.94. The molecule has 0 saturated carbocycles. The lowest BCUT2D eigenvalue weighted by atomic mass is 9.87. The summed E-state index contributed by atoms with van der Waals surface area (Å²) in [6, 6.07) is 0. The van der Waals surface area contributed by atoms with E-state index < -0.39 is 5.60 Å². The molecule has 1 saturated heterocycles. The Kier molecular flexibility index (Phi) is 1.94. The molecule has 3 heteroatoms. The minimum absolute atomic E-state index is 0.00403. The van der Waals surface area contributed by atoms with Gasteiger partial charge in [0.2, 0.25) is 0 Å². The minimum atomic E-state index is -0.519. The van der Waals surface area contributed by atoms with Crippen molar-refractivity contribution in [3.8, 4) is 0 Å². The molecule has 2 N–H and O–H groups in total. The number of fused-ring (bicyclic) bond motifs is 1. The van der Waals surface area contributed by atoms with Crippen LogP contribution in [0.3, 0.4) is 0 Å². The van der Waals surface area contributed by atoms with E-state index in [1.165, 1.54) is 0 Å². The van der Waals surface area contributed by atoms with E-state index >= 15 is 0 Å². The first kappa shape index (κ1) is 8.23. The Morgan fingerprint density at radius 3 is 3.08 bits per heavy atom. The summed E-state index contributed by atoms with van der Waals surface area (Å²) in [5.74, 6) is 0.393. The van der Waals surface area contributed by atoms with Gasteiger partial charge in [-0.2, -0.15) is 0 Å². The van der Waals surface area contributed by atoms with E-state index in [0.717, 1.165) is 18.4 Å². The standard InChI is InChI=1S/C9H14O3/c10-5-8-2-1-7-3-4-12-9(7,8)6-11/h2,7,10-11H,1,3-6H2. The van der Waals surface area contributed by atoms with E-state index in [2.05, 4.69) is 0 Å². The summed E-state index contributed by atoms with van der Waals surface area (Å²) >= 11 is 0. The lowest BCUT2D eigenvalue weighted by Gasteiger charge is -2.29. The van der Waals surface area contributed by atoms with Gasteiger partial charge < -0.3 is 14.9 Å². The number of ether oxygens (including phenoxy) is 1. The predicted octanol–water partition coefficient (Wildman–Crippen LogP) is 0.0764. The monoisotopic (exact) mass is 170 g/mol. The van der Waals surface area contributed by atoms with Crippen molar-refractivity contribution in [2.75, 3.05) is 19.8 Å². The summed E-state index contributed by atoms with van der Waals surface area (Å²) in [4.78, 5) is 0. The lowest BCUT2D eigenvalue weighted by molar-refractivity contribution is -0.0312. The van der Waals surface area contributed by atoms with Gasteiger partial charge in [0.1, 0.15) is 5.60 Å². The summed E-state index contributed by atoms with van der Waals surface area (Å²) in [7, 11) is 0. The molecule has 0 bridgehead atoms. The second kappa shape index (κ2) is 2.83. The maximum Gasteiger partial charge on any atom is 0.117 e. The van der Waals surface area contributed by atoms with Gasteiger partial charge in [0, 0.05) is 6.61 Å². The molecule has 2 rings (SSSR count). The van der Waals surface area contributed by atoms with Crippen LogP contribution >= 0.6 is 0 Å². The van der Waals surface area contributed by atoms with Crippen LogP contribution in [0.25, 0.3) is 0 Å². The Labute approximate surface area is 71.7 Å². The van der Waals surface area contributed by atoms with E-state index in [-0.39, 0.29) is 13.2 Å². The van der Waals surface area contributed by atoms with Gasteiger partial charge in [-0.25, -0.2) is 0 Å². The van der Waals surface area contributed by atoms with E-state index in [1.54, 1.807) is 0 Å². The first-order chi connectivity index (χ1) is 5.83. The summed E-state index contributed by atoms with van der Waals surface area (Å²) in [5.41, 5.74) is 0.349. The van der Waals surface area contributed by atoms with Crippen LogP contribution in [0.5, 0.6) is 0 Å². The Morgan fingerprint density at radius 1 is 1.58 bits per heavy atom. The van der Waals surface area contributed by atoms with Crippen molar-refractivity contribution in [2.24, 2.45) is 5.92 Å². The summed E-state index contributed by atoms with van der Waals surface area (Å²) in [5, 5.41) is 18.3. The molecule has 0 radical (unpaired) electrons. The maximum atomic E-state index is 9.25. The third-order valence-electron chi connectivity index (χ3n) is 3.08. The van der Waals surface area contributed by atoms with Gasteiger partial charge in [0.05, 0.1) is 13.2 Å². The molecule has 0 aromatic carbocycles. The number of aliphatic hydroxyl groups is 2. The summed E-state index contributed by atoms with van der Waals surface area (Å²) < 4.78 is 5.54. The van der Waals surface area contributed by atoms with Crippen LogP contribution in [0.4, 0.5) is 0 Å². The van der Waals surface area contributed by atoms with Crippen LogP contribution in [0.1, 0.15) is 12.8 Å². The van der Waals surface area contributed by atoms with Crippen molar-refractivity contribution in [2.45, 2.75) is 18.4 Å². The van der Waals surface area contributed by atoms with E-state index in [4.69, 9.17) is 9.84 Å². The van der Waals surface area contributed by atoms with Gasteiger partial charge >= 0.3 is 0 Å². The molecule has 0 spiro atoms. The minimum Gasteiger partial charge on any atom is -0.393 e. The average Bonchev–Trinajstić information content (AvgIpc) is 2.60. The fourth-order valence-corrected chi connectivity index (χ4v) is 2.33. The third kappa shape index (κ3) is 0.873. The number of rotatable bonds is 2. The van der Waals surface area contributed by atoms with Gasteiger partial charge in [-0.1, -0.05) is 6.08 Å². The molecule has 3 nitrogen and oxygen atoms in total. The first-order valence-electron chi connectivity index (χ1n) is 4.38. The van der Waals surface area contributed by atoms with Crippen molar-refractivity contribution in [1.82, 2.24) is 0 Å². The maximum absolute atomic E-state index is 9.25. The highest BCUT2D eigenvalue weighted by molar-refractivity contribution is 5.28. The molecular formula is C9H14O3. The quantitative estimate of drug-likeness (QED) is 0.577. The van der Waals surface area contributed by atoms with Crippen molar-refractivity contribution >= 4 is 0 Å². The number of allylic oxidation sites excluding steroid dienone is 1. The van der Waals surface area contributed by atoms with Crippen LogP contribution in [-0.2, 0) is 4.74 Å². The second-order valence-electron chi connectivity index (χ2n) is 3.50. The van der Waals surface area contributed by atoms with Gasteiger partial charge in [0.25, 0.3) is 0 Å². The van der Waals surface area contributed by atoms with Crippen molar-refractivity contribution in [1.29, 1.82) is 0 Å². The highest BCUT2D eigenvalue weighted by atomic mass is 16.5. The van der Waals surface area contributed by atoms with Gasteiger partial charge in [0.15, 0.2) is 0 Å². The number of hydrogen-bond acceptors (Lipinski definition) is 3. The molecule has 12 heavy (non-hydrogen) atoms. The van der Waals surface area contributed by atoms with E-state index in [9.17, 15) is 5.11 Å². The van der Waals surface area contributed by atoms with Crippen molar-refractivity contribution in [3.05, 3.63) is 11.6 Å². The molecule has 0 aromatic heterocycles. The molecule has 2 aliphatic rings. The second-order valence-corrected chi connectivity index (χ2v) is 3.50. The van der Waals surface area contributed by atoms with E-state index in [0.29, 0.717) is 12.5 Å². The van der Waals surface area contributed by atoms with Crippen LogP contribution in [0.2, 0.25) is 0 Å². The molecule has 0 amide bonds. The van der Waals surface area contributed by atoms with Gasteiger partial charge in [-0.3, -0.25) is 0 Å². The van der Waals surface area contributed by atoms with Gasteiger partial charge in [-0.15, -0.1) is 0 Å². The predicted molar refractivity (Wildman–Crippen MR) is 43.7 cm³/mol. The zero-order chi connectivity index (χ0) is 8.60. The number of hydrogen-bond donors (Lipinski definition) is 2. The van der Waals surface area contributed by atoms with E-state index in [1.807, 2.05) is 6.08 Å². The normalized spacial score (nSPS) is 39.8. The Hall–Kier alpha value is -0.380. The zero-order valence-corrected chi connectivity index (χ0v) is 6.99. The fraction of sp³-hybridized carbons (Fsp3) is 0.778. The molecule has 1 fully saturated rings. The number of aliphatic hydroxyl groups excluding tert-OH is 2. The molecule has 68 valence electrons. The van der Waals surface area contributed by atoms with Crippen LogP contribution in [-0.4, -0.2) is 35.6 Å². The van der Waals surface area contributed by atoms with Gasteiger partial charge in [-0.05, 0) is 24.3 Å². The van der Waals surface area contributed by atoms with Crippen molar-refractivity contribution < 1.29 is 14.9 Å². The molecule has 1 aliphatic heterocycles. The third-order valence-corrected chi connectivity index (χ3v) is 3.08. The molecule has 1 heterocycles. The molecule has 0 aromatic rings. The summed E-state index contributed by atoms with van der Waals surface area (Å²) in [6.45, 7) is 0.726. The van der Waals surface area contributed by atoms with Crippen LogP contribution < -0.4 is 0 Å². The Morgan fingerprint density at radius 2 is 2.42 bits per heavy atom. The SMILES string of the molecule is OCC1=CCC2CCOC12CO. The molecular weight excluding hydrogens is 156 g/mol. The Bertz CT molecular complexity index is 212. The fourth-order valence-electron chi connectivity index (χ4n) is 2.33. The molecule has 2 atom stereocenters. The smallest absolute Gasteiger partial charge is 0.117 e. The Balaban J connectivity index is 2.27. The van der Waals surface area contributed by atoms with Crippen molar-refractivity contribution in [3.63, 3.8) is 0 Å². The largest absolute Gasteiger partial charge is 0.393 e. The molecule has 1 aliphatic carbocycles. The van der Waals surface area contributed by atoms with Crippen LogP contribution in [0, 0.1) is 5.92 Å². The first-order valence-corrected chi connectivity index (χ1v) is 4.38. The molecule has 2 unspecified atom stereocenters. The highest BCUT2D eigenvalue weighted by Gasteiger charge is 2.49. The lowest BCUT2D eigenvalue weighted by Crippen LogP contribution is -2.39. The van der Waals surface area contributed by atoms with Crippen LogP contribution in [0.15, 0.2) is 11.6 Å². The topological polar surface area (TPSA) is 49.7 Å². The highest BCUT2D eigenvalue weighted by Crippen LogP contribution is 2.44. The average molecular weight is 170 g/mol.